The van der Waals surface area contributed by atoms with Gasteiger partial charge in [0.15, 0.2) is 5.15 Å². The standard InChI is InChI=1S/C9H7Cl2N3/c10-8-7-6(3-4-12-8)14(5-1-2-5)9(11)13-7/h3-5H,1-2H2. The SMILES string of the molecule is Clc1nccc2c1nc(Cl)n2C1CC1. The summed E-state index contributed by atoms with van der Waals surface area (Å²) < 4.78 is 2.03. The number of rotatable bonds is 1. The molecule has 0 aliphatic heterocycles. The van der Waals surface area contributed by atoms with E-state index < -0.39 is 0 Å². The Balaban J connectivity index is 2.37. The molecule has 5 heteroatoms. The van der Waals surface area contributed by atoms with Crippen LogP contribution in [0.25, 0.3) is 11.0 Å². The molecule has 1 aliphatic carbocycles. The molecule has 14 heavy (non-hydrogen) atoms. The van der Waals surface area contributed by atoms with E-state index in [1.54, 1.807) is 6.20 Å². The van der Waals surface area contributed by atoms with Gasteiger partial charge in [0.2, 0.25) is 5.28 Å². The predicted octanol–water partition coefficient (Wildman–Crippen LogP) is 3.07. The van der Waals surface area contributed by atoms with Gasteiger partial charge in [0.05, 0.1) is 5.52 Å². The monoisotopic (exact) mass is 227 g/mol. The van der Waals surface area contributed by atoms with Crippen LogP contribution in [0.3, 0.4) is 0 Å². The van der Waals surface area contributed by atoms with Crippen LogP contribution < -0.4 is 0 Å². The maximum absolute atomic E-state index is 6.04. The van der Waals surface area contributed by atoms with Gasteiger partial charge >= 0.3 is 0 Å². The van der Waals surface area contributed by atoms with Crippen LogP contribution in [0.4, 0.5) is 0 Å². The second kappa shape index (κ2) is 2.84. The van der Waals surface area contributed by atoms with Gasteiger partial charge in [0, 0.05) is 12.2 Å². The van der Waals surface area contributed by atoms with E-state index >= 15 is 0 Å². The molecule has 0 spiro atoms. The summed E-state index contributed by atoms with van der Waals surface area (Å²) in [5, 5.41) is 0.932. The topological polar surface area (TPSA) is 30.7 Å². The third-order valence-corrected chi connectivity index (χ3v) is 2.98. The van der Waals surface area contributed by atoms with Gasteiger partial charge in [-0.25, -0.2) is 9.97 Å². The Morgan fingerprint density at radius 2 is 2.14 bits per heavy atom. The Morgan fingerprint density at radius 1 is 1.36 bits per heavy atom. The maximum Gasteiger partial charge on any atom is 0.204 e. The number of pyridine rings is 1. The number of nitrogens with zero attached hydrogens (tertiary/aromatic N) is 3. The lowest BCUT2D eigenvalue weighted by atomic mass is 10.4. The lowest BCUT2D eigenvalue weighted by Gasteiger charge is -2.01. The maximum atomic E-state index is 6.04. The zero-order chi connectivity index (χ0) is 9.71. The smallest absolute Gasteiger partial charge is 0.204 e. The first-order chi connectivity index (χ1) is 6.77. The van der Waals surface area contributed by atoms with Crippen LogP contribution in [0.15, 0.2) is 12.3 Å². The fourth-order valence-electron chi connectivity index (χ4n) is 1.64. The summed E-state index contributed by atoms with van der Waals surface area (Å²) in [7, 11) is 0. The number of imidazole rings is 1. The molecule has 0 radical (unpaired) electrons. The van der Waals surface area contributed by atoms with Gasteiger partial charge in [-0.1, -0.05) is 11.6 Å². The van der Waals surface area contributed by atoms with Crippen LogP contribution in [0.1, 0.15) is 18.9 Å². The molecule has 0 amide bonds. The molecule has 1 saturated carbocycles. The fourth-order valence-corrected chi connectivity index (χ4v) is 2.15. The van der Waals surface area contributed by atoms with Gasteiger partial charge in [-0.2, -0.15) is 0 Å². The first kappa shape index (κ1) is 8.50. The van der Waals surface area contributed by atoms with E-state index in [0.717, 1.165) is 5.52 Å². The quantitative estimate of drug-likeness (QED) is 0.702. The molecule has 3 nitrogen and oxygen atoms in total. The van der Waals surface area contributed by atoms with E-state index in [2.05, 4.69) is 9.97 Å². The molecule has 2 aromatic rings. The second-order valence-electron chi connectivity index (χ2n) is 3.45. The van der Waals surface area contributed by atoms with E-state index in [1.807, 2.05) is 10.6 Å². The van der Waals surface area contributed by atoms with E-state index in [9.17, 15) is 0 Å². The third-order valence-electron chi connectivity index (χ3n) is 2.43. The highest BCUT2D eigenvalue weighted by Crippen LogP contribution is 2.40. The largest absolute Gasteiger partial charge is 0.311 e. The van der Waals surface area contributed by atoms with Crippen molar-refractivity contribution in [2.75, 3.05) is 0 Å². The number of fused-ring (bicyclic) bond motifs is 1. The summed E-state index contributed by atoms with van der Waals surface area (Å²) in [6.45, 7) is 0. The van der Waals surface area contributed by atoms with Crippen molar-refractivity contribution in [2.45, 2.75) is 18.9 Å². The minimum atomic E-state index is 0.420. The Hall–Kier alpha value is -0.800. The van der Waals surface area contributed by atoms with Crippen molar-refractivity contribution in [3.63, 3.8) is 0 Å². The average molecular weight is 228 g/mol. The molecule has 0 aromatic carbocycles. The van der Waals surface area contributed by atoms with Crippen LogP contribution in [-0.2, 0) is 0 Å². The normalized spacial score (nSPS) is 16.4. The molecule has 0 saturated heterocycles. The second-order valence-corrected chi connectivity index (χ2v) is 4.15. The van der Waals surface area contributed by atoms with Crippen LogP contribution in [0.2, 0.25) is 10.4 Å². The lowest BCUT2D eigenvalue weighted by Crippen LogP contribution is -1.92. The number of aromatic nitrogens is 3. The van der Waals surface area contributed by atoms with Crippen molar-refractivity contribution >= 4 is 34.2 Å². The highest BCUT2D eigenvalue weighted by atomic mass is 35.5. The van der Waals surface area contributed by atoms with Crippen molar-refractivity contribution in [1.82, 2.24) is 14.5 Å². The highest BCUT2D eigenvalue weighted by Gasteiger charge is 2.28. The van der Waals surface area contributed by atoms with Crippen LogP contribution >= 0.6 is 23.2 Å². The summed E-state index contributed by atoms with van der Waals surface area (Å²) in [6.07, 6.45) is 4.03. The van der Waals surface area contributed by atoms with Crippen molar-refractivity contribution in [3.05, 3.63) is 22.7 Å². The van der Waals surface area contributed by atoms with Gasteiger partial charge in [-0.05, 0) is 30.5 Å². The molecule has 3 rings (SSSR count). The summed E-state index contributed by atoms with van der Waals surface area (Å²) in [5.74, 6) is 0. The molecule has 0 unspecified atom stereocenters. The summed E-state index contributed by atoms with van der Waals surface area (Å²) in [5.41, 5.74) is 1.68. The van der Waals surface area contributed by atoms with E-state index in [-0.39, 0.29) is 0 Å². The van der Waals surface area contributed by atoms with Crippen molar-refractivity contribution < 1.29 is 0 Å². The molecule has 1 aliphatic rings. The molecule has 0 bridgehead atoms. The molecular formula is C9H7Cl2N3. The Bertz CT molecular complexity index is 502. The van der Waals surface area contributed by atoms with Crippen molar-refractivity contribution in [1.29, 1.82) is 0 Å². The molecule has 2 heterocycles. The number of hydrogen-bond acceptors (Lipinski definition) is 2. The molecule has 0 atom stereocenters. The van der Waals surface area contributed by atoms with E-state index in [4.69, 9.17) is 23.2 Å². The minimum Gasteiger partial charge on any atom is -0.311 e. The number of halogens is 2. The zero-order valence-corrected chi connectivity index (χ0v) is 8.76. The zero-order valence-electron chi connectivity index (χ0n) is 7.24. The molecule has 2 aromatic heterocycles. The predicted molar refractivity (Wildman–Crippen MR) is 55.8 cm³/mol. The van der Waals surface area contributed by atoms with E-state index in [1.165, 1.54) is 12.8 Å². The Morgan fingerprint density at radius 3 is 2.86 bits per heavy atom. The average Bonchev–Trinajstić information content (AvgIpc) is 2.91. The number of hydrogen-bond donors (Lipinski definition) is 0. The van der Waals surface area contributed by atoms with Crippen LogP contribution in [-0.4, -0.2) is 14.5 Å². The summed E-state index contributed by atoms with van der Waals surface area (Å²) in [4.78, 5) is 8.18. The minimum absolute atomic E-state index is 0.420. The van der Waals surface area contributed by atoms with Crippen LogP contribution in [0.5, 0.6) is 0 Å². The summed E-state index contributed by atoms with van der Waals surface area (Å²) in [6, 6.07) is 2.41. The van der Waals surface area contributed by atoms with Crippen LogP contribution in [0, 0.1) is 0 Å². The highest BCUT2D eigenvalue weighted by molar-refractivity contribution is 6.34. The van der Waals surface area contributed by atoms with E-state index in [0.29, 0.717) is 22.0 Å². The Kier molecular flexibility index (Phi) is 1.73. The van der Waals surface area contributed by atoms with Gasteiger partial charge < -0.3 is 4.57 Å². The van der Waals surface area contributed by atoms with Gasteiger partial charge in [-0.3, -0.25) is 0 Å². The van der Waals surface area contributed by atoms with Crippen molar-refractivity contribution in [3.8, 4) is 0 Å². The van der Waals surface area contributed by atoms with Gasteiger partial charge in [-0.15, -0.1) is 0 Å². The molecule has 1 fully saturated rings. The first-order valence-corrected chi connectivity index (χ1v) is 5.21. The van der Waals surface area contributed by atoms with Gasteiger partial charge in [0.25, 0.3) is 0 Å². The molecule has 0 N–H and O–H groups in total. The first-order valence-electron chi connectivity index (χ1n) is 4.45. The van der Waals surface area contributed by atoms with Gasteiger partial charge in [0.1, 0.15) is 5.52 Å². The third kappa shape index (κ3) is 1.12. The van der Waals surface area contributed by atoms with Crippen molar-refractivity contribution in [2.24, 2.45) is 0 Å². The fraction of sp³-hybridized carbons (Fsp3) is 0.333. The summed E-state index contributed by atoms with van der Waals surface area (Å²) >= 11 is 12.0. The molecule has 72 valence electrons. The molecular weight excluding hydrogens is 221 g/mol. The Labute approximate surface area is 90.7 Å². The lowest BCUT2D eigenvalue weighted by molar-refractivity contribution is 0.767.